The van der Waals surface area contributed by atoms with E-state index >= 15 is 0 Å². The first-order valence-corrected chi connectivity index (χ1v) is 9.44. The van der Waals surface area contributed by atoms with Crippen LogP contribution in [0.15, 0.2) is 55.5 Å². The van der Waals surface area contributed by atoms with E-state index < -0.39 is 5.60 Å². The minimum absolute atomic E-state index is 0.302. The van der Waals surface area contributed by atoms with E-state index in [2.05, 4.69) is 37.6 Å². The summed E-state index contributed by atoms with van der Waals surface area (Å²) in [6, 6.07) is 7.10. The zero-order chi connectivity index (χ0) is 21.7. The molecule has 0 aliphatic rings. The Morgan fingerprint density at radius 2 is 2.03 bits per heavy atom. The van der Waals surface area contributed by atoms with Gasteiger partial charge < -0.3 is 21.1 Å². The highest BCUT2D eigenvalue weighted by Crippen LogP contribution is 2.26. The Morgan fingerprint density at radius 1 is 1.27 bits per heavy atom. The molecular formula is C20H22ClN7O2. The molecule has 1 amide bonds. The topological polar surface area (TPSA) is 117 Å². The number of amides is 1. The summed E-state index contributed by atoms with van der Waals surface area (Å²) in [5, 5.41) is 23.3. The lowest BCUT2D eigenvalue weighted by molar-refractivity contribution is -0.111. The summed E-state index contributed by atoms with van der Waals surface area (Å²) in [6.07, 6.45) is 6.03. The first-order valence-electron chi connectivity index (χ1n) is 9.07. The van der Waals surface area contributed by atoms with Crippen LogP contribution in [-0.4, -0.2) is 36.4 Å². The molecule has 0 aliphatic carbocycles. The predicted molar refractivity (Wildman–Crippen MR) is 117 cm³/mol. The van der Waals surface area contributed by atoms with Crippen molar-refractivity contribution >= 4 is 46.3 Å². The summed E-state index contributed by atoms with van der Waals surface area (Å²) >= 11 is 6.23. The minimum atomic E-state index is -0.878. The van der Waals surface area contributed by atoms with E-state index in [9.17, 15) is 9.90 Å². The van der Waals surface area contributed by atoms with Gasteiger partial charge in [0.25, 0.3) is 0 Å². The van der Waals surface area contributed by atoms with Crippen molar-refractivity contribution in [1.29, 1.82) is 0 Å². The largest absolute Gasteiger partial charge is 0.389 e. The fraction of sp³-hybridized carbons (Fsp3) is 0.200. The van der Waals surface area contributed by atoms with Gasteiger partial charge in [-0.25, -0.2) is 4.98 Å². The standard InChI is InChI=1S/C20H22ClN7O2/c1-4-17(29)24-13-6-5-7-14(8-13)25-18-16(21)10-22-19(27-18)26-15-9-23-28(11-15)12-20(2,3)30/h4-11,30H,1,12H2,2-3H3,(H,24,29)(H2,22,25,26,27). The Hall–Kier alpha value is -3.43. The maximum absolute atomic E-state index is 11.5. The van der Waals surface area contributed by atoms with Crippen molar-refractivity contribution in [1.82, 2.24) is 19.7 Å². The first-order chi connectivity index (χ1) is 14.2. The molecule has 0 fully saturated rings. The molecule has 4 N–H and O–H groups in total. The number of hydrogen-bond acceptors (Lipinski definition) is 7. The monoisotopic (exact) mass is 427 g/mol. The number of carbonyl (C=O) groups excluding carboxylic acids is 1. The average Bonchev–Trinajstić information content (AvgIpc) is 3.09. The molecule has 0 spiro atoms. The van der Waals surface area contributed by atoms with E-state index in [0.29, 0.717) is 40.4 Å². The number of carbonyl (C=O) groups is 1. The maximum Gasteiger partial charge on any atom is 0.247 e. The summed E-state index contributed by atoms with van der Waals surface area (Å²) in [4.78, 5) is 20.1. The summed E-state index contributed by atoms with van der Waals surface area (Å²) in [7, 11) is 0. The van der Waals surface area contributed by atoms with Crippen molar-refractivity contribution in [3.05, 3.63) is 60.5 Å². The summed E-state index contributed by atoms with van der Waals surface area (Å²) < 4.78 is 1.63. The highest BCUT2D eigenvalue weighted by molar-refractivity contribution is 6.32. The maximum atomic E-state index is 11.5. The number of aliphatic hydroxyl groups is 1. The van der Waals surface area contributed by atoms with Crippen molar-refractivity contribution in [3.8, 4) is 0 Å². The van der Waals surface area contributed by atoms with E-state index in [1.165, 1.54) is 12.3 Å². The van der Waals surface area contributed by atoms with Gasteiger partial charge in [0.05, 0.1) is 30.2 Å². The molecule has 0 unspecified atom stereocenters. The highest BCUT2D eigenvalue weighted by Gasteiger charge is 2.14. The van der Waals surface area contributed by atoms with Gasteiger partial charge in [0.1, 0.15) is 5.02 Å². The number of nitrogens with one attached hydrogen (secondary N) is 3. The molecule has 0 saturated heterocycles. The highest BCUT2D eigenvalue weighted by atomic mass is 35.5. The van der Waals surface area contributed by atoms with Crippen LogP contribution >= 0.6 is 11.6 Å². The fourth-order valence-corrected chi connectivity index (χ4v) is 2.70. The number of hydrogen-bond donors (Lipinski definition) is 4. The Labute approximate surface area is 178 Å². The molecule has 9 nitrogen and oxygen atoms in total. The third kappa shape index (κ3) is 6.03. The Kier molecular flexibility index (Phi) is 6.34. The predicted octanol–water partition coefficient (Wildman–Crippen LogP) is 3.71. The zero-order valence-corrected chi connectivity index (χ0v) is 17.3. The molecule has 0 aliphatic heterocycles. The molecule has 0 atom stereocenters. The van der Waals surface area contributed by atoms with Crippen molar-refractivity contribution in [2.75, 3.05) is 16.0 Å². The molecule has 1 aromatic carbocycles. The average molecular weight is 428 g/mol. The van der Waals surface area contributed by atoms with Crippen LogP contribution in [0.4, 0.5) is 28.8 Å². The van der Waals surface area contributed by atoms with E-state index in [0.717, 1.165) is 0 Å². The second-order valence-electron chi connectivity index (χ2n) is 7.15. The molecule has 2 aromatic heterocycles. The molecule has 2 heterocycles. The van der Waals surface area contributed by atoms with Crippen molar-refractivity contribution in [2.24, 2.45) is 0 Å². The van der Waals surface area contributed by atoms with Gasteiger partial charge in [-0.15, -0.1) is 0 Å². The lowest BCUT2D eigenvalue weighted by Gasteiger charge is -2.16. The van der Waals surface area contributed by atoms with Crippen LogP contribution < -0.4 is 16.0 Å². The van der Waals surface area contributed by atoms with Gasteiger partial charge in [0, 0.05) is 17.6 Å². The molecule has 156 valence electrons. The van der Waals surface area contributed by atoms with Crippen LogP contribution in [0.5, 0.6) is 0 Å². The van der Waals surface area contributed by atoms with Gasteiger partial charge in [-0.05, 0) is 38.1 Å². The van der Waals surface area contributed by atoms with E-state index in [-0.39, 0.29) is 5.91 Å². The second-order valence-corrected chi connectivity index (χ2v) is 7.56. The Bertz CT molecular complexity index is 1060. The first kappa shape index (κ1) is 21.3. The van der Waals surface area contributed by atoms with Gasteiger partial charge in [-0.3, -0.25) is 9.48 Å². The number of benzene rings is 1. The van der Waals surface area contributed by atoms with Crippen LogP contribution in [0.3, 0.4) is 0 Å². The summed E-state index contributed by atoms with van der Waals surface area (Å²) in [6.45, 7) is 7.20. The van der Waals surface area contributed by atoms with Gasteiger partial charge in [-0.1, -0.05) is 24.2 Å². The molecular weight excluding hydrogens is 406 g/mol. The summed E-state index contributed by atoms with van der Waals surface area (Å²) in [5.41, 5.74) is 1.08. The van der Waals surface area contributed by atoms with Crippen molar-refractivity contribution in [3.63, 3.8) is 0 Å². The summed E-state index contributed by atoms with van der Waals surface area (Å²) in [5.74, 6) is 0.412. The van der Waals surface area contributed by atoms with E-state index in [4.69, 9.17) is 11.6 Å². The van der Waals surface area contributed by atoms with Crippen LogP contribution in [-0.2, 0) is 11.3 Å². The van der Waals surface area contributed by atoms with Crippen LogP contribution in [0.25, 0.3) is 0 Å². The SMILES string of the molecule is C=CC(=O)Nc1cccc(Nc2nc(Nc3cnn(CC(C)(C)O)c3)ncc2Cl)c1. The number of halogens is 1. The Balaban J connectivity index is 1.74. The second kappa shape index (κ2) is 8.93. The number of aromatic nitrogens is 4. The van der Waals surface area contributed by atoms with Crippen LogP contribution in [0, 0.1) is 0 Å². The molecule has 0 radical (unpaired) electrons. The van der Waals surface area contributed by atoms with Gasteiger partial charge in [0.2, 0.25) is 11.9 Å². The number of anilines is 5. The Morgan fingerprint density at radius 3 is 2.77 bits per heavy atom. The third-order valence-electron chi connectivity index (χ3n) is 3.76. The van der Waals surface area contributed by atoms with Gasteiger partial charge >= 0.3 is 0 Å². The molecule has 30 heavy (non-hydrogen) atoms. The molecule has 0 bridgehead atoms. The van der Waals surface area contributed by atoms with Crippen LogP contribution in [0.1, 0.15) is 13.8 Å². The number of nitrogens with zero attached hydrogens (tertiary/aromatic N) is 4. The molecule has 3 rings (SSSR count). The minimum Gasteiger partial charge on any atom is -0.389 e. The zero-order valence-electron chi connectivity index (χ0n) is 16.6. The number of rotatable bonds is 8. The third-order valence-corrected chi connectivity index (χ3v) is 4.04. The van der Waals surface area contributed by atoms with Gasteiger partial charge in [-0.2, -0.15) is 10.1 Å². The lowest BCUT2D eigenvalue weighted by Crippen LogP contribution is -2.26. The normalized spacial score (nSPS) is 11.1. The quantitative estimate of drug-likeness (QED) is 0.405. The van der Waals surface area contributed by atoms with Crippen molar-refractivity contribution in [2.45, 2.75) is 26.0 Å². The lowest BCUT2D eigenvalue weighted by atomic mass is 10.1. The molecule has 3 aromatic rings. The van der Waals surface area contributed by atoms with Gasteiger partial charge in [0.15, 0.2) is 5.82 Å². The van der Waals surface area contributed by atoms with Crippen LogP contribution in [0.2, 0.25) is 5.02 Å². The van der Waals surface area contributed by atoms with E-state index in [1.54, 1.807) is 49.1 Å². The smallest absolute Gasteiger partial charge is 0.247 e. The van der Waals surface area contributed by atoms with Crippen molar-refractivity contribution < 1.29 is 9.90 Å². The molecule has 10 heteroatoms. The van der Waals surface area contributed by atoms with E-state index in [1.807, 2.05) is 6.07 Å². The fourth-order valence-electron chi connectivity index (χ4n) is 2.56. The molecule has 0 saturated carbocycles.